The number of anilines is 2. The molecule has 30 heavy (non-hydrogen) atoms. The van der Waals surface area contributed by atoms with Gasteiger partial charge in [0.05, 0.1) is 16.9 Å². The third-order valence-corrected chi connectivity index (χ3v) is 6.02. The Hall–Kier alpha value is -3.00. The summed E-state index contributed by atoms with van der Waals surface area (Å²) in [5, 5.41) is 4.11. The monoisotopic (exact) mass is 410 g/mol. The molecule has 1 aliphatic carbocycles. The number of halogens is 1. The number of nitrogens with one attached hydrogen (secondary N) is 2. The second-order valence-corrected chi connectivity index (χ2v) is 8.25. The van der Waals surface area contributed by atoms with Crippen molar-refractivity contribution in [3.63, 3.8) is 0 Å². The van der Waals surface area contributed by atoms with Crippen LogP contribution < -0.4 is 16.6 Å². The minimum atomic E-state index is -0.503. The highest BCUT2D eigenvalue weighted by Crippen LogP contribution is 2.30. The van der Waals surface area contributed by atoms with E-state index in [9.17, 15) is 9.18 Å². The summed E-state index contributed by atoms with van der Waals surface area (Å²) < 4.78 is 14.1. The van der Waals surface area contributed by atoms with Gasteiger partial charge in [0, 0.05) is 34.8 Å². The van der Waals surface area contributed by atoms with Crippen molar-refractivity contribution in [1.82, 2.24) is 19.9 Å². The number of H-pyrrole nitrogens is 1. The number of nitrogen functional groups attached to an aromatic ring is 1. The molecular formula is C22H27FN6O. The van der Waals surface area contributed by atoms with Crippen molar-refractivity contribution in [3.8, 4) is 11.3 Å². The second-order valence-electron chi connectivity index (χ2n) is 8.25. The molecule has 1 saturated carbocycles. The van der Waals surface area contributed by atoms with Gasteiger partial charge in [-0.3, -0.25) is 4.79 Å². The fourth-order valence-corrected chi connectivity index (χ4v) is 4.12. The predicted molar refractivity (Wildman–Crippen MR) is 118 cm³/mol. The fourth-order valence-electron chi connectivity index (χ4n) is 4.12. The summed E-state index contributed by atoms with van der Waals surface area (Å²) in [5.41, 5.74) is 7.73. The predicted octanol–water partition coefficient (Wildman–Crippen LogP) is 3.30. The molecule has 0 saturated heterocycles. The Balaban J connectivity index is 1.75. The summed E-state index contributed by atoms with van der Waals surface area (Å²) in [7, 11) is 4.23. The Morgan fingerprint density at radius 2 is 1.93 bits per heavy atom. The Labute approximate surface area is 174 Å². The number of hydrogen-bond donors (Lipinski definition) is 3. The number of aromatic nitrogens is 3. The molecule has 0 radical (unpaired) electrons. The molecule has 0 bridgehead atoms. The molecule has 1 aromatic carbocycles. The summed E-state index contributed by atoms with van der Waals surface area (Å²) in [4.78, 5) is 26.5. The lowest BCUT2D eigenvalue weighted by atomic mass is 9.90. The molecule has 7 nitrogen and oxygen atoms in total. The normalized spacial score (nSPS) is 19.4. The summed E-state index contributed by atoms with van der Waals surface area (Å²) >= 11 is 0. The van der Waals surface area contributed by atoms with Crippen molar-refractivity contribution in [2.45, 2.75) is 44.7 Å². The van der Waals surface area contributed by atoms with Crippen LogP contribution in [0.3, 0.4) is 0 Å². The van der Waals surface area contributed by atoms with Crippen molar-refractivity contribution in [2.75, 3.05) is 25.1 Å². The van der Waals surface area contributed by atoms with E-state index in [0.29, 0.717) is 39.7 Å². The fraction of sp³-hybridized carbons (Fsp3) is 0.409. The average molecular weight is 410 g/mol. The van der Waals surface area contributed by atoms with Gasteiger partial charge in [0.15, 0.2) is 0 Å². The lowest BCUT2D eigenvalue weighted by molar-refractivity contribution is 0.221. The highest BCUT2D eigenvalue weighted by molar-refractivity contribution is 5.94. The molecule has 2 aromatic heterocycles. The van der Waals surface area contributed by atoms with Crippen LogP contribution in [0, 0.1) is 12.7 Å². The van der Waals surface area contributed by atoms with E-state index in [1.54, 1.807) is 19.2 Å². The van der Waals surface area contributed by atoms with E-state index in [4.69, 9.17) is 10.7 Å². The Kier molecular flexibility index (Phi) is 5.42. The van der Waals surface area contributed by atoms with Crippen molar-refractivity contribution >= 4 is 22.5 Å². The lowest BCUT2D eigenvalue weighted by Gasteiger charge is -2.33. The van der Waals surface area contributed by atoms with E-state index in [0.717, 1.165) is 25.7 Å². The first-order valence-electron chi connectivity index (χ1n) is 10.2. The van der Waals surface area contributed by atoms with Gasteiger partial charge in [0.25, 0.3) is 5.56 Å². The van der Waals surface area contributed by atoms with Gasteiger partial charge in [-0.15, -0.1) is 0 Å². The third-order valence-electron chi connectivity index (χ3n) is 6.02. The molecule has 0 atom stereocenters. The maximum absolute atomic E-state index is 14.1. The van der Waals surface area contributed by atoms with Gasteiger partial charge >= 0.3 is 0 Å². The van der Waals surface area contributed by atoms with E-state index in [1.165, 1.54) is 12.1 Å². The highest BCUT2D eigenvalue weighted by atomic mass is 19.1. The van der Waals surface area contributed by atoms with Gasteiger partial charge in [0.2, 0.25) is 5.95 Å². The Morgan fingerprint density at radius 3 is 2.60 bits per heavy atom. The van der Waals surface area contributed by atoms with Crippen molar-refractivity contribution < 1.29 is 4.39 Å². The van der Waals surface area contributed by atoms with Crippen LogP contribution in [0.25, 0.3) is 22.2 Å². The van der Waals surface area contributed by atoms with Gasteiger partial charge in [0.1, 0.15) is 5.82 Å². The van der Waals surface area contributed by atoms with Crippen molar-refractivity contribution in [2.24, 2.45) is 0 Å². The number of fused-ring (bicyclic) bond motifs is 1. The van der Waals surface area contributed by atoms with Crippen LogP contribution in [-0.2, 0) is 0 Å². The van der Waals surface area contributed by atoms with E-state index in [1.807, 2.05) is 0 Å². The van der Waals surface area contributed by atoms with Gasteiger partial charge < -0.3 is 20.9 Å². The summed E-state index contributed by atoms with van der Waals surface area (Å²) in [6, 6.07) is 5.47. The molecule has 1 fully saturated rings. The molecule has 158 valence electrons. The number of aryl methyl sites for hydroxylation is 1. The molecule has 0 amide bonds. The third kappa shape index (κ3) is 3.87. The van der Waals surface area contributed by atoms with E-state index in [2.05, 4.69) is 34.3 Å². The molecular weight excluding hydrogens is 383 g/mol. The maximum Gasteiger partial charge on any atom is 0.253 e. The smallest absolute Gasteiger partial charge is 0.253 e. The molecule has 3 aromatic rings. The minimum absolute atomic E-state index is 0.0812. The molecule has 4 N–H and O–H groups in total. The number of hydrogen-bond acceptors (Lipinski definition) is 6. The quantitative estimate of drug-likeness (QED) is 0.571. The van der Waals surface area contributed by atoms with Crippen LogP contribution >= 0.6 is 0 Å². The van der Waals surface area contributed by atoms with Crippen LogP contribution in [-0.4, -0.2) is 46.0 Å². The van der Waals surface area contributed by atoms with Gasteiger partial charge in [-0.25, -0.2) is 14.4 Å². The standard InChI is InChI=1S/C22H27FN6O/c1-12-19-16(11-25-21(12)30)20(13-4-9-18(24)17(23)10-13)28-22(27-19)26-14-5-7-15(8-6-14)29(2)3/h4,9-11,14-15H,5-8,24H2,1-3H3,(H,25,30)(H,26,27,28). The number of aromatic amines is 1. The van der Waals surface area contributed by atoms with Crippen molar-refractivity contribution in [1.29, 1.82) is 0 Å². The van der Waals surface area contributed by atoms with Gasteiger partial charge in [-0.2, -0.15) is 0 Å². The largest absolute Gasteiger partial charge is 0.396 e. The summed E-state index contributed by atoms with van der Waals surface area (Å²) in [6.07, 6.45) is 5.83. The number of pyridine rings is 1. The SMILES string of the molecule is Cc1c(=O)[nH]cc2c(-c3ccc(N)c(F)c3)nc(NC3CCC(N(C)C)CC3)nc12. The maximum atomic E-state index is 14.1. The zero-order valence-corrected chi connectivity index (χ0v) is 17.5. The topological polar surface area (TPSA) is 99.9 Å². The van der Waals surface area contributed by atoms with Crippen LogP contribution in [0.1, 0.15) is 31.2 Å². The molecule has 0 spiro atoms. The zero-order chi connectivity index (χ0) is 21.4. The van der Waals surface area contributed by atoms with Crippen LogP contribution in [0.5, 0.6) is 0 Å². The molecule has 8 heteroatoms. The van der Waals surface area contributed by atoms with Gasteiger partial charge in [-0.1, -0.05) is 6.07 Å². The number of nitrogens with zero attached hydrogens (tertiary/aromatic N) is 3. The first kappa shape index (κ1) is 20.3. The number of rotatable bonds is 4. The average Bonchev–Trinajstić information content (AvgIpc) is 2.73. The molecule has 0 aliphatic heterocycles. The minimum Gasteiger partial charge on any atom is -0.396 e. The van der Waals surface area contributed by atoms with E-state index >= 15 is 0 Å². The zero-order valence-electron chi connectivity index (χ0n) is 17.5. The number of nitrogens with two attached hydrogens (primary N) is 1. The Bertz CT molecular complexity index is 1130. The number of benzene rings is 1. The first-order valence-corrected chi connectivity index (χ1v) is 10.2. The lowest BCUT2D eigenvalue weighted by Crippen LogP contribution is -2.36. The second kappa shape index (κ2) is 8.02. The van der Waals surface area contributed by atoms with Crippen LogP contribution in [0.4, 0.5) is 16.0 Å². The van der Waals surface area contributed by atoms with Gasteiger partial charge in [-0.05, 0) is 58.8 Å². The molecule has 4 rings (SSSR count). The highest BCUT2D eigenvalue weighted by Gasteiger charge is 2.23. The summed E-state index contributed by atoms with van der Waals surface area (Å²) in [6.45, 7) is 1.73. The molecule has 2 heterocycles. The van der Waals surface area contributed by atoms with E-state index < -0.39 is 5.82 Å². The summed E-state index contributed by atoms with van der Waals surface area (Å²) in [5.74, 6) is -0.0475. The molecule has 1 aliphatic rings. The van der Waals surface area contributed by atoms with E-state index in [-0.39, 0.29) is 17.3 Å². The van der Waals surface area contributed by atoms with Crippen molar-refractivity contribution in [3.05, 3.63) is 46.1 Å². The first-order chi connectivity index (χ1) is 14.3. The van der Waals surface area contributed by atoms with Crippen LogP contribution in [0.2, 0.25) is 0 Å². The Morgan fingerprint density at radius 1 is 1.20 bits per heavy atom. The van der Waals surface area contributed by atoms with Crippen LogP contribution in [0.15, 0.2) is 29.2 Å². The molecule has 0 unspecified atom stereocenters.